The first-order valence-electron chi connectivity index (χ1n) is 13.2. The second-order valence-electron chi connectivity index (χ2n) is 9.01. The van der Waals surface area contributed by atoms with Crippen LogP contribution in [0.5, 0.6) is 11.5 Å². The average molecular weight is 565 g/mol. The fourth-order valence-corrected chi connectivity index (χ4v) is 5.36. The molecule has 2 heterocycles. The van der Waals surface area contributed by atoms with Gasteiger partial charge in [0.2, 0.25) is 0 Å². The van der Waals surface area contributed by atoms with Crippen LogP contribution in [0.4, 0.5) is 5.13 Å². The number of benzene rings is 2. The van der Waals surface area contributed by atoms with E-state index >= 15 is 0 Å². The van der Waals surface area contributed by atoms with Crippen LogP contribution >= 0.6 is 11.3 Å². The molecule has 3 aromatic rings. The molecule has 1 aromatic heterocycles. The molecule has 0 bridgehead atoms. The van der Waals surface area contributed by atoms with E-state index in [1.165, 1.54) is 4.90 Å². The van der Waals surface area contributed by atoms with E-state index in [9.17, 15) is 19.5 Å². The van der Waals surface area contributed by atoms with Crippen molar-refractivity contribution in [2.45, 2.75) is 46.6 Å². The molecule has 1 atom stereocenters. The van der Waals surface area contributed by atoms with Gasteiger partial charge in [-0.2, -0.15) is 0 Å². The van der Waals surface area contributed by atoms with Gasteiger partial charge in [0.25, 0.3) is 5.78 Å². The zero-order valence-corrected chi connectivity index (χ0v) is 23.7. The number of nitrogens with zero attached hydrogens (tertiary/aromatic N) is 2. The van der Waals surface area contributed by atoms with E-state index in [-0.39, 0.29) is 27.9 Å². The number of ketones is 1. The van der Waals surface area contributed by atoms with Crippen LogP contribution in [0.3, 0.4) is 0 Å². The molecule has 9 nitrogen and oxygen atoms in total. The molecular weight excluding hydrogens is 532 g/mol. The molecule has 10 heteroatoms. The third kappa shape index (κ3) is 5.72. The summed E-state index contributed by atoms with van der Waals surface area (Å²) in [6, 6.07) is 12.7. The van der Waals surface area contributed by atoms with Gasteiger partial charge in [-0.25, -0.2) is 9.78 Å². The summed E-state index contributed by atoms with van der Waals surface area (Å²) < 4.78 is 16.9. The number of hydrogen-bond acceptors (Lipinski definition) is 9. The quantitative estimate of drug-likeness (QED) is 0.102. The fraction of sp³-hybridized carbons (Fsp3) is 0.333. The minimum atomic E-state index is -1.04. The predicted molar refractivity (Wildman–Crippen MR) is 152 cm³/mol. The largest absolute Gasteiger partial charge is 0.507 e. The molecule has 1 aliphatic rings. The number of Topliss-reactive ketones (excluding diaryl/α,β-unsaturated/α-hetero) is 1. The standard InChI is InChI=1S/C30H32N2O7S/c1-5-8-16-39-21-15-14-20(17-22(21)37-6-2)24-23(25(33)19-12-10-9-11-13-19)26(34)28(35)32(24)30-31-18(4)27(40-30)29(36)38-7-3/h9-15,17,24,33H,5-8,16H2,1-4H3/b25-23+. The van der Waals surface area contributed by atoms with Crippen LogP contribution in [0.2, 0.25) is 0 Å². The molecule has 4 rings (SSSR count). The SMILES string of the molecule is CCCCOc1ccc(C2/C(=C(\O)c3ccccc3)C(=O)C(=O)N2c2nc(C)c(C(=O)OCC)s2)cc1OCC. The summed E-state index contributed by atoms with van der Waals surface area (Å²) in [5.74, 6) is -1.62. The number of carbonyl (C=O) groups is 3. The van der Waals surface area contributed by atoms with E-state index < -0.39 is 23.7 Å². The van der Waals surface area contributed by atoms with E-state index in [0.717, 1.165) is 24.2 Å². The van der Waals surface area contributed by atoms with Crippen LogP contribution in [-0.2, 0) is 14.3 Å². The Hall–Kier alpha value is -4.18. The number of hydrogen-bond donors (Lipinski definition) is 1. The molecule has 1 aliphatic heterocycles. The van der Waals surface area contributed by atoms with Crippen LogP contribution in [-0.4, -0.2) is 47.6 Å². The van der Waals surface area contributed by atoms with Crippen molar-refractivity contribution >= 4 is 39.9 Å². The Morgan fingerprint density at radius 1 is 1.02 bits per heavy atom. The molecule has 0 radical (unpaired) electrons. The highest BCUT2D eigenvalue weighted by Crippen LogP contribution is 2.45. The number of thiazole rings is 1. The monoisotopic (exact) mass is 564 g/mol. The number of esters is 1. The first kappa shape index (κ1) is 28.8. The fourth-order valence-electron chi connectivity index (χ4n) is 4.38. The van der Waals surface area contributed by atoms with Crippen molar-refractivity contribution in [3.63, 3.8) is 0 Å². The first-order valence-corrected chi connectivity index (χ1v) is 14.0. The van der Waals surface area contributed by atoms with Gasteiger partial charge in [0, 0.05) is 5.56 Å². The maximum absolute atomic E-state index is 13.5. The molecule has 1 unspecified atom stereocenters. The van der Waals surface area contributed by atoms with Gasteiger partial charge in [0.1, 0.15) is 10.6 Å². The molecule has 0 spiro atoms. The number of anilines is 1. The molecule has 0 saturated carbocycles. The van der Waals surface area contributed by atoms with E-state index in [0.29, 0.717) is 41.5 Å². The van der Waals surface area contributed by atoms with Gasteiger partial charge in [-0.3, -0.25) is 14.5 Å². The minimum absolute atomic E-state index is 0.0937. The van der Waals surface area contributed by atoms with Crippen molar-refractivity contribution in [2.24, 2.45) is 0 Å². The van der Waals surface area contributed by atoms with E-state index in [1.807, 2.05) is 6.92 Å². The molecule has 1 amide bonds. The molecule has 1 N–H and O–H groups in total. The summed E-state index contributed by atoms with van der Waals surface area (Å²) in [6.07, 6.45) is 1.84. The van der Waals surface area contributed by atoms with Crippen molar-refractivity contribution < 1.29 is 33.7 Å². The number of aliphatic hydroxyl groups is 1. The molecule has 1 saturated heterocycles. The normalized spacial score (nSPS) is 16.3. The lowest BCUT2D eigenvalue weighted by Gasteiger charge is -2.24. The van der Waals surface area contributed by atoms with Crippen LogP contribution in [0.15, 0.2) is 54.1 Å². The second-order valence-corrected chi connectivity index (χ2v) is 9.99. The van der Waals surface area contributed by atoms with E-state index in [4.69, 9.17) is 14.2 Å². The van der Waals surface area contributed by atoms with E-state index in [2.05, 4.69) is 11.9 Å². The molecule has 40 heavy (non-hydrogen) atoms. The van der Waals surface area contributed by atoms with Crippen molar-refractivity contribution in [2.75, 3.05) is 24.7 Å². The highest BCUT2D eigenvalue weighted by Gasteiger charge is 2.48. The van der Waals surface area contributed by atoms with Crippen LogP contribution < -0.4 is 14.4 Å². The van der Waals surface area contributed by atoms with Crippen LogP contribution in [0.1, 0.15) is 66.1 Å². The predicted octanol–water partition coefficient (Wildman–Crippen LogP) is 5.83. The molecular formula is C30H32N2O7S. The van der Waals surface area contributed by atoms with Gasteiger partial charge in [-0.15, -0.1) is 0 Å². The van der Waals surface area contributed by atoms with Crippen LogP contribution in [0, 0.1) is 6.92 Å². The number of aliphatic hydroxyl groups excluding tert-OH is 1. The van der Waals surface area contributed by atoms with E-state index in [1.54, 1.807) is 62.4 Å². The topological polar surface area (TPSA) is 115 Å². The number of aryl methyl sites for hydroxylation is 1. The minimum Gasteiger partial charge on any atom is -0.507 e. The van der Waals surface area contributed by atoms with Gasteiger partial charge in [0.15, 0.2) is 16.6 Å². The van der Waals surface area contributed by atoms with Crippen molar-refractivity contribution in [3.8, 4) is 11.5 Å². The van der Waals surface area contributed by atoms with Gasteiger partial charge >= 0.3 is 11.9 Å². The number of amides is 1. The number of ether oxygens (including phenoxy) is 3. The van der Waals surface area contributed by atoms with Gasteiger partial charge in [-0.1, -0.05) is 61.1 Å². The summed E-state index contributed by atoms with van der Waals surface area (Å²) in [7, 11) is 0. The zero-order valence-electron chi connectivity index (χ0n) is 22.9. The Balaban J connectivity index is 1.89. The first-order chi connectivity index (χ1) is 19.3. The number of rotatable bonds is 11. The summed E-state index contributed by atoms with van der Waals surface area (Å²) >= 11 is 0.957. The molecule has 0 aliphatic carbocycles. The lowest BCUT2D eigenvalue weighted by Crippen LogP contribution is -2.29. The number of carbonyl (C=O) groups excluding carboxylic acids is 3. The molecule has 210 valence electrons. The number of unbranched alkanes of at least 4 members (excludes halogenated alkanes) is 1. The van der Waals surface area contributed by atoms with Crippen molar-refractivity contribution in [1.29, 1.82) is 0 Å². The highest BCUT2D eigenvalue weighted by molar-refractivity contribution is 7.17. The third-order valence-electron chi connectivity index (χ3n) is 6.28. The Bertz CT molecular complexity index is 1430. The lowest BCUT2D eigenvalue weighted by molar-refractivity contribution is -0.132. The summed E-state index contributed by atoms with van der Waals surface area (Å²) in [4.78, 5) is 45.4. The maximum Gasteiger partial charge on any atom is 0.350 e. The second kappa shape index (κ2) is 12.8. The smallest absolute Gasteiger partial charge is 0.350 e. The summed E-state index contributed by atoms with van der Waals surface area (Å²) in [6.45, 7) is 8.31. The molecule has 2 aromatic carbocycles. The summed E-state index contributed by atoms with van der Waals surface area (Å²) in [5.41, 5.74) is 1.17. The van der Waals surface area contributed by atoms with Gasteiger partial charge in [0.05, 0.1) is 37.1 Å². The number of aromatic nitrogens is 1. The Morgan fingerprint density at radius 2 is 1.77 bits per heavy atom. The summed E-state index contributed by atoms with van der Waals surface area (Å²) in [5, 5.41) is 11.5. The maximum atomic E-state index is 13.5. The third-order valence-corrected chi connectivity index (χ3v) is 7.42. The Labute approximate surface area is 237 Å². The average Bonchev–Trinajstić information content (AvgIpc) is 3.46. The Kier molecular flexibility index (Phi) is 9.21. The van der Waals surface area contributed by atoms with Crippen molar-refractivity contribution in [3.05, 3.63) is 75.8 Å². The van der Waals surface area contributed by atoms with Gasteiger partial charge < -0.3 is 19.3 Å². The highest BCUT2D eigenvalue weighted by atomic mass is 32.1. The van der Waals surface area contributed by atoms with Gasteiger partial charge in [-0.05, 0) is 44.9 Å². The van der Waals surface area contributed by atoms with Crippen molar-refractivity contribution in [1.82, 2.24) is 4.98 Å². The van der Waals surface area contributed by atoms with Crippen LogP contribution in [0.25, 0.3) is 5.76 Å². The Morgan fingerprint density at radius 3 is 2.45 bits per heavy atom. The lowest BCUT2D eigenvalue weighted by atomic mass is 9.95. The molecule has 1 fully saturated rings. The zero-order chi connectivity index (χ0) is 28.8.